The molecule has 1 aliphatic carbocycles. The number of carbonyl (C=O) groups is 2. The van der Waals surface area contributed by atoms with Crippen molar-refractivity contribution in [3.05, 3.63) is 28.8 Å². The first kappa shape index (κ1) is 16.1. The van der Waals surface area contributed by atoms with Gasteiger partial charge in [0.2, 0.25) is 0 Å². The zero-order chi connectivity index (χ0) is 16.4. The molecule has 0 radical (unpaired) electrons. The van der Waals surface area contributed by atoms with Gasteiger partial charge in [-0.05, 0) is 43.9 Å². The van der Waals surface area contributed by atoms with Crippen LogP contribution in [0.25, 0.3) is 0 Å². The predicted octanol–water partition coefficient (Wildman–Crippen LogP) is 2.22. The van der Waals surface area contributed by atoms with Gasteiger partial charge in [0, 0.05) is 24.8 Å². The van der Waals surface area contributed by atoms with Crippen LogP contribution in [0.4, 0.5) is 10.5 Å². The van der Waals surface area contributed by atoms with Gasteiger partial charge in [0.25, 0.3) is 5.91 Å². The van der Waals surface area contributed by atoms with Crippen LogP contribution >= 0.6 is 11.6 Å². The molecule has 1 aromatic carbocycles. The summed E-state index contributed by atoms with van der Waals surface area (Å²) in [7, 11) is 0. The highest BCUT2D eigenvalue weighted by Crippen LogP contribution is 2.24. The fourth-order valence-corrected chi connectivity index (χ4v) is 2.81. The molecule has 1 saturated carbocycles. The largest absolute Gasteiger partial charge is 0.391 e. The lowest BCUT2D eigenvalue weighted by Gasteiger charge is -2.30. The van der Waals surface area contributed by atoms with Crippen molar-refractivity contribution in [3.63, 3.8) is 0 Å². The number of likely N-dealkylation sites (tertiary alicyclic amines) is 1. The number of halogens is 1. The van der Waals surface area contributed by atoms with E-state index in [9.17, 15) is 14.7 Å². The molecule has 3 N–H and O–H groups in total. The zero-order valence-electron chi connectivity index (χ0n) is 12.7. The number of hydrogen-bond acceptors (Lipinski definition) is 3. The molecule has 0 aromatic heterocycles. The molecule has 1 aliphatic heterocycles. The van der Waals surface area contributed by atoms with Crippen LogP contribution in [0.2, 0.25) is 5.02 Å². The number of aliphatic hydroxyl groups is 1. The van der Waals surface area contributed by atoms with Crippen LogP contribution in [0.15, 0.2) is 18.2 Å². The lowest BCUT2D eigenvalue weighted by Crippen LogP contribution is -2.44. The summed E-state index contributed by atoms with van der Waals surface area (Å²) in [6.07, 6.45) is 3.02. The number of carbonyl (C=O) groups excluding carboxylic acids is 2. The highest BCUT2D eigenvalue weighted by Gasteiger charge is 2.25. The number of benzene rings is 1. The van der Waals surface area contributed by atoms with Crippen LogP contribution in [0.1, 0.15) is 36.0 Å². The summed E-state index contributed by atoms with van der Waals surface area (Å²) in [5.74, 6) is -0.220. The van der Waals surface area contributed by atoms with Crippen molar-refractivity contribution in [1.29, 1.82) is 0 Å². The Kier molecular flexibility index (Phi) is 4.73. The summed E-state index contributed by atoms with van der Waals surface area (Å²) in [5, 5.41) is 15.6. The molecule has 0 spiro atoms. The minimum absolute atomic E-state index is 0.220. The Hall–Kier alpha value is -1.79. The van der Waals surface area contributed by atoms with E-state index in [0.29, 0.717) is 29.4 Å². The van der Waals surface area contributed by atoms with Gasteiger partial charge in [-0.25, -0.2) is 4.79 Å². The Bertz CT molecular complexity index is 619. The second-order valence-electron chi connectivity index (χ2n) is 6.11. The van der Waals surface area contributed by atoms with Crippen molar-refractivity contribution in [3.8, 4) is 0 Å². The molecule has 23 heavy (non-hydrogen) atoms. The molecule has 1 saturated heterocycles. The number of urea groups is 1. The number of amides is 3. The number of β-amino-alcohol motifs (C(OH)–C–C–N with tert-alkyl or cyclic N) is 1. The van der Waals surface area contributed by atoms with Crippen LogP contribution in [0.3, 0.4) is 0 Å². The van der Waals surface area contributed by atoms with Gasteiger partial charge in [0.1, 0.15) is 0 Å². The molecule has 1 atom stereocenters. The van der Waals surface area contributed by atoms with E-state index in [1.807, 2.05) is 0 Å². The van der Waals surface area contributed by atoms with Gasteiger partial charge in [-0.3, -0.25) is 4.79 Å². The van der Waals surface area contributed by atoms with Crippen molar-refractivity contribution < 1.29 is 14.7 Å². The average Bonchev–Trinajstić information content (AvgIpc) is 3.33. The standard InChI is InChI=1S/C16H20ClN3O3/c17-14-6-5-11(8-13(14)15(22)18-10-3-4-10)19-16(23)20-7-1-2-12(21)9-20/h5-6,8,10,12,21H,1-4,7,9H2,(H,18,22)(H,19,23)/t12-/m0/s1. The monoisotopic (exact) mass is 337 g/mol. The first-order valence-electron chi connectivity index (χ1n) is 7.87. The molecule has 1 heterocycles. The molecule has 0 bridgehead atoms. The van der Waals surface area contributed by atoms with Gasteiger partial charge in [-0.2, -0.15) is 0 Å². The van der Waals surface area contributed by atoms with E-state index in [1.54, 1.807) is 23.1 Å². The molecule has 0 unspecified atom stereocenters. The SMILES string of the molecule is O=C(NC1CC1)c1cc(NC(=O)N2CCC[C@H](O)C2)ccc1Cl. The normalized spacial score (nSPS) is 21.0. The molecular weight excluding hydrogens is 318 g/mol. The van der Waals surface area contributed by atoms with Gasteiger partial charge in [0.15, 0.2) is 0 Å². The Morgan fingerprint density at radius 2 is 2.04 bits per heavy atom. The Morgan fingerprint density at radius 1 is 1.26 bits per heavy atom. The van der Waals surface area contributed by atoms with E-state index >= 15 is 0 Å². The highest BCUT2D eigenvalue weighted by molar-refractivity contribution is 6.34. The number of rotatable bonds is 3. The predicted molar refractivity (Wildman–Crippen MR) is 87.8 cm³/mol. The maximum Gasteiger partial charge on any atom is 0.321 e. The van der Waals surface area contributed by atoms with E-state index in [4.69, 9.17) is 11.6 Å². The molecule has 1 aromatic rings. The van der Waals surface area contributed by atoms with Crippen molar-refractivity contribution in [2.24, 2.45) is 0 Å². The lowest BCUT2D eigenvalue weighted by atomic mass is 10.1. The summed E-state index contributed by atoms with van der Waals surface area (Å²) in [6, 6.07) is 4.81. The minimum Gasteiger partial charge on any atom is -0.391 e. The van der Waals surface area contributed by atoms with Crippen LogP contribution in [0, 0.1) is 0 Å². The fourth-order valence-electron chi connectivity index (χ4n) is 2.61. The maximum absolute atomic E-state index is 12.2. The zero-order valence-corrected chi connectivity index (χ0v) is 13.5. The van der Waals surface area contributed by atoms with Gasteiger partial charge in [-0.15, -0.1) is 0 Å². The number of aliphatic hydroxyl groups excluding tert-OH is 1. The van der Waals surface area contributed by atoms with Crippen molar-refractivity contribution in [1.82, 2.24) is 10.2 Å². The van der Waals surface area contributed by atoms with E-state index in [2.05, 4.69) is 10.6 Å². The molecule has 124 valence electrons. The third kappa shape index (κ3) is 4.14. The molecular formula is C16H20ClN3O3. The fraction of sp³-hybridized carbons (Fsp3) is 0.500. The summed E-state index contributed by atoms with van der Waals surface area (Å²) in [4.78, 5) is 26.0. The van der Waals surface area contributed by atoms with Gasteiger partial charge < -0.3 is 20.6 Å². The Morgan fingerprint density at radius 3 is 2.74 bits per heavy atom. The Labute approximate surface area is 139 Å². The van der Waals surface area contributed by atoms with E-state index in [0.717, 1.165) is 25.7 Å². The summed E-state index contributed by atoms with van der Waals surface area (Å²) < 4.78 is 0. The van der Waals surface area contributed by atoms with E-state index < -0.39 is 6.10 Å². The maximum atomic E-state index is 12.2. The molecule has 2 fully saturated rings. The highest BCUT2D eigenvalue weighted by atomic mass is 35.5. The number of hydrogen-bond donors (Lipinski definition) is 3. The number of piperidine rings is 1. The van der Waals surface area contributed by atoms with Crippen LogP contribution in [-0.4, -0.2) is 47.2 Å². The molecule has 6 nitrogen and oxygen atoms in total. The third-order valence-electron chi connectivity index (χ3n) is 4.06. The van der Waals surface area contributed by atoms with Crippen LogP contribution in [-0.2, 0) is 0 Å². The van der Waals surface area contributed by atoms with Crippen molar-refractivity contribution in [2.45, 2.75) is 37.8 Å². The second kappa shape index (κ2) is 6.76. The summed E-state index contributed by atoms with van der Waals surface area (Å²) in [6.45, 7) is 0.944. The van der Waals surface area contributed by atoms with Crippen molar-refractivity contribution >= 4 is 29.2 Å². The van der Waals surface area contributed by atoms with Crippen LogP contribution < -0.4 is 10.6 Å². The average molecular weight is 338 g/mol. The second-order valence-corrected chi connectivity index (χ2v) is 6.52. The molecule has 2 aliphatic rings. The lowest BCUT2D eigenvalue weighted by molar-refractivity contribution is 0.0883. The quantitative estimate of drug-likeness (QED) is 0.791. The summed E-state index contributed by atoms with van der Waals surface area (Å²) in [5.41, 5.74) is 0.871. The number of nitrogens with one attached hydrogen (secondary N) is 2. The molecule has 3 amide bonds. The topological polar surface area (TPSA) is 81.7 Å². The van der Waals surface area contributed by atoms with Gasteiger partial charge in [0.05, 0.1) is 16.7 Å². The Balaban J connectivity index is 1.67. The molecule has 3 rings (SSSR count). The number of anilines is 1. The van der Waals surface area contributed by atoms with E-state index in [-0.39, 0.29) is 18.0 Å². The van der Waals surface area contributed by atoms with Gasteiger partial charge >= 0.3 is 6.03 Å². The molecule has 7 heteroatoms. The van der Waals surface area contributed by atoms with Crippen molar-refractivity contribution in [2.75, 3.05) is 18.4 Å². The van der Waals surface area contributed by atoms with Crippen LogP contribution in [0.5, 0.6) is 0 Å². The van der Waals surface area contributed by atoms with E-state index in [1.165, 1.54) is 0 Å². The number of nitrogens with zero attached hydrogens (tertiary/aromatic N) is 1. The summed E-state index contributed by atoms with van der Waals surface area (Å²) >= 11 is 6.08. The first-order chi connectivity index (χ1) is 11.0. The third-order valence-corrected chi connectivity index (χ3v) is 4.39. The van der Waals surface area contributed by atoms with Gasteiger partial charge in [-0.1, -0.05) is 11.6 Å². The minimum atomic E-state index is -0.473. The smallest absolute Gasteiger partial charge is 0.321 e. The first-order valence-corrected chi connectivity index (χ1v) is 8.25.